The van der Waals surface area contributed by atoms with Gasteiger partial charge in [-0.2, -0.15) is 0 Å². The molecule has 0 fully saturated rings. The van der Waals surface area contributed by atoms with Crippen molar-refractivity contribution >= 4 is 22.5 Å². The van der Waals surface area contributed by atoms with Crippen LogP contribution in [0, 0.1) is 0 Å². The first-order valence-electron chi connectivity index (χ1n) is 7.83. The molecule has 3 aromatic rings. The number of nitrogens with one attached hydrogen (secondary N) is 1. The molecule has 3 nitrogen and oxygen atoms in total. The monoisotopic (exact) mass is 306 g/mol. The number of benzene rings is 2. The van der Waals surface area contributed by atoms with Crippen LogP contribution in [0.25, 0.3) is 10.9 Å². The zero-order chi connectivity index (χ0) is 16.6. The van der Waals surface area contributed by atoms with Crippen molar-refractivity contribution in [1.29, 1.82) is 0 Å². The fraction of sp³-hybridized carbons (Fsp3) is 0.250. The number of hydrogen-bond donors (Lipinski definition) is 1. The van der Waals surface area contributed by atoms with Gasteiger partial charge in [0.15, 0.2) is 0 Å². The highest BCUT2D eigenvalue weighted by Crippen LogP contribution is 2.29. The molecule has 0 aliphatic carbocycles. The Balaban J connectivity index is 1.97. The predicted molar refractivity (Wildman–Crippen MR) is 96.0 cm³/mol. The first kappa shape index (κ1) is 15.3. The molecule has 2 aromatic carbocycles. The highest BCUT2D eigenvalue weighted by Gasteiger charge is 2.20. The second-order valence-electron chi connectivity index (χ2n) is 6.90. The van der Waals surface area contributed by atoms with Gasteiger partial charge in [0.05, 0.1) is 0 Å². The molecule has 1 aromatic heterocycles. The van der Waals surface area contributed by atoms with Gasteiger partial charge in [-0.25, -0.2) is 0 Å². The van der Waals surface area contributed by atoms with Gasteiger partial charge < -0.3 is 9.88 Å². The number of fused-ring (bicyclic) bond motifs is 1. The minimum atomic E-state index is -0.0830. The Bertz CT molecular complexity index is 869. The Kier molecular flexibility index (Phi) is 3.72. The van der Waals surface area contributed by atoms with Crippen LogP contribution in [0.1, 0.15) is 36.8 Å². The Hall–Kier alpha value is -2.55. The van der Waals surface area contributed by atoms with Crippen LogP contribution in [0.5, 0.6) is 0 Å². The summed E-state index contributed by atoms with van der Waals surface area (Å²) >= 11 is 0. The normalized spacial score (nSPS) is 11.7. The molecule has 0 atom stereocenters. The van der Waals surface area contributed by atoms with E-state index < -0.39 is 0 Å². The van der Waals surface area contributed by atoms with Crippen molar-refractivity contribution in [2.24, 2.45) is 7.05 Å². The molecule has 118 valence electrons. The number of carbonyl (C=O) groups excluding carboxylic acids is 1. The van der Waals surface area contributed by atoms with Crippen LogP contribution >= 0.6 is 0 Å². The van der Waals surface area contributed by atoms with Crippen molar-refractivity contribution in [1.82, 2.24) is 4.57 Å². The number of amides is 1. The summed E-state index contributed by atoms with van der Waals surface area (Å²) in [7, 11) is 1.92. The molecule has 0 bridgehead atoms. The topological polar surface area (TPSA) is 34.0 Å². The molecule has 3 rings (SSSR count). The van der Waals surface area contributed by atoms with Gasteiger partial charge in [-0.15, -0.1) is 0 Å². The molecule has 0 aliphatic heterocycles. The molecule has 1 heterocycles. The largest absolute Gasteiger partial charge is 0.340 e. The Labute approximate surface area is 136 Å². The maximum Gasteiger partial charge on any atom is 0.272 e. The van der Waals surface area contributed by atoms with Gasteiger partial charge in [-0.3, -0.25) is 4.79 Å². The van der Waals surface area contributed by atoms with Crippen molar-refractivity contribution in [3.05, 3.63) is 65.9 Å². The fourth-order valence-corrected chi connectivity index (χ4v) is 2.94. The van der Waals surface area contributed by atoms with E-state index in [-0.39, 0.29) is 11.3 Å². The fourth-order valence-electron chi connectivity index (χ4n) is 2.94. The molecule has 0 saturated heterocycles. The highest BCUT2D eigenvalue weighted by molar-refractivity contribution is 6.06. The van der Waals surface area contributed by atoms with Crippen LogP contribution in [0.2, 0.25) is 0 Å². The van der Waals surface area contributed by atoms with Crippen molar-refractivity contribution in [3.63, 3.8) is 0 Å². The molecular weight excluding hydrogens is 284 g/mol. The van der Waals surface area contributed by atoms with Gasteiger partial charge in [-0.1, -0.05) is 57.2 Å². The van der Waals surface area contributed by atoms with E-state index in [1.165, 1.54) is 0 Å². The maximum atomic E-state index is 12.8. The molecule has 0 radical (unpaired) electrons. The summed E-state index contributed by atoms with van der Waals surface area (Å²) < 4.78 is 1.93. The van der Waals surface area contributed by atoms with Crippen LogP contribution in [0.4, 0.5) is 5.69 Å². The van der Waals surface area contributed by atoms with E-state index in [0.717, 1.165) is 22.2 Å². The van der Waals surface area contributed by atoms with E-state index in [1.807, 2.05) is 60.1 Å². The molecular formula is C20H22N2O. The number of aryl methyl sites for hydroxylation is 1. The smallest absolute Gasteiger partial charge is 0.272 e. The average molecular weight is 306 g/mol. The van der Waals surface area contributed by atoms with Gasteiger partial charge in [0.2, 0.25) is 0 Å². The van der Waals surface area contributed by atoms with Crippen LogP contribution < -0.4 is 5.32 Å². The number of anilines is 1. The molecule has 1 amide bonds. The average Bonchev–Trinajstić information content (AvgIpc) is 2.84. The maximum absolute atomic E-state index is 12.8. The van der Waals surface area contributed by atoms with Crippen LogP contribution in [0.15, 0.2) is 54.6 Å². The quantitative estimate of drug-likeness (QED) is 0.730. The molecule has 23 heavy (non-hydrogen) atoms. The second kappa shape index (κ2) is 5.58. The zero-order valence-electron chi connectivity index (χ0n) is 14.1. The number of rotatable bonds is 2. The van der Waals surface area contributed by atoms with E-state index >= 15 is 0 Å². The van der Waals surface area contributed by atoms with Crippen LogP contribution in [-0.2, 0) is 12.5 Å². The lowest BCUT2D eigenvalue weighted by Gasteiger charge is -2.23. The number of carbonyl (C=O) groups is 1. The lowest BCUT2D eigenvalue weighted by molar-refractivity contribution is 0.101. The van der Waals surface area contributed by atoms with Crippen molar-refractivity contribution < 1.29 is 4.79 Å². The summed E-state index contributed by atoms with van der Waals surface area (Å²) in [5, 5.41) is 4.15. The van der Waals surface area contributed by atoms with Gasteiger partial charge >= 0.3 is 0 Å². The summed E-state index contributed by atoms with van der Waals surface area (Å²) in [4.78, 5) is 12.8. The van der Waals surface area contributed by atoms with Gasteiger partial charge in [0, 0.05) is 23.6 Å². The SMILES string of the molecule is Cn1c(C(=O)Nc2ccccc2C(C)(C)C)cc2ccccc21. The number of para-hydroxylation sites is 2. The van der Waals surface area contributed by atoms with Crippen molar-refractivity contribution in [2.45, 2.75) is 26.2 Å². The van der Waals surface area contributed by atoms with E-state index in [0.29, 0.717) is 5.69 Å². The van der Waals surface area contributed by atoms with Gasteiger partial charge in [0.25, 0.3) is 5.91 Å². The third-order valence-electron chi connectivity index (χ3n) is 4.17. The van der Waals surface area contributed by atoms with Gasteiger partial charge in [-0.05, 0) is 29.2 Å². The first-order valence-corrected chi connectivity index (χ1v) is 7.83. The molecule has 1 N–H and O–H groups in total. The summed E-state index contributed by atoms with van der Waals surface area (Å²) in [6.45, 7) is 6.44. The summed E-state index contributed by atoms with van der Waals surface area (Å²) in [6, 6.07) is 17.9. The minimum absolute atomic E-state index is 0.0250. The molecule has 0 aliphatic rings. The minimum Gasteiger partial charge on any atom is -0.340 e. The van der Waals surface area contributed by atoms with E-state index in [1.54, 1.807) is 0 Å². The zero-order valence-corrected chi connectivity index (χ0v) is 14.1. The highest BCUT2D eigenvalue weighted by atomic mass is 16.1. The molecule has 0 saturated carbocycles. The summed E-state index contributed by atoms with van der Waals surface area (Å²) in [5.41, 5.74) is 3.70. The Morgan fingerprint density at radius 1 is 1.00 bits per heavy atom. The third-order valence-corrected chi connectivity index (χ3v) is 4.17. The lowest BCUT2D eigenvalue weighted by atomic mass is 9.86. The van der Waals surface area contributed by atoms with E-state index in [9.17, 15) is 4.79 Å². The van der Waals surface area contributed by atoms with Crippen LogP contribution in [-0.4, -0.2) is 10.5 Å². The standard InChI is InChI=1S/C20H22N2O/c1-20(2,3)15-10-6-7-11-16(15)21-19(23)18-13-14-9-5-8-12-17(14)22(18)4/h5-13H,1-4H3,(H,21,23). The van der Waals surface area contributed by atoms with Crippen molar-refractivity contribution in [3.8, 4) is 0 Å². The Morgan fingerprint density at radius 3 is 2.35 bits per heavy atom. The van der Waals surface area contributed by atoms with Crippen molar-refractivity contribution in [2.75, 3.05) is 5.32 Å². The van der Waals surface area contributed by atoms with E-state index in [2.05, 4.69) is 32.2 Å². The van der Waals surface area contributed by atoms with Gasteiger partial charge in [0.1, 0.15) is 5.69 Å². The lowest BCUT2D eigenvalue weighted by Crippen LogP contribution is -2.20. The Morgan fingerprint density at radius 2 is 1.65 bits per heavy atom. The van der Waals surface area contributed by atoms with Crippen LogP contribution in [0.3, 0.4) is 0 Å². The molecule has 0 unspecified atom stereocenters. The number of aromatic nitrogens is 1. The predicted octanol–water partition coefficient (Wildman–Crippen LogP) is 4.73. The molecule has 0 spiro atoms. The third kappa shape index (κ3) is 2.87. The second-order valence-corrected chi connectivity index (χ2v) is 6.90. The summed E-state index contributed by atoms with van der Waals surface area (Å²) in [5.74, 6) is -0.0830. The summed E-state index contributed by atoms with van der Waals surface area (Å²) in [6.07, 6.45) is 0. The first-order chi connectivity index (χ1) is 10.9. The molecule has 3 heteroatoms. The van der Waals surface area contributed by atoms with E-state index in [4.69, 9.17) is 0 Å². The number of nitrogens with zero attached hydrogens (tertiary/aromatic N) is 1. The number of hydrogen-bond acceptors (Lipinski definition) is 1.